The first kappa shape index (κ1) is 20.1. The third-order valence-electron chi connectivity index (χ3n) is 4.62. The fraction of sp³-hybridized carbons (Fsp3) is 0.368. The highest BCUT2D eigenvalue weighted by molar-refractivity contribution is 7.89. The SMILES string of the molecule is Cc1c([N+](=O)[O-])cccc1S(=O)(=O)N[C@H](c1ccc2c(c1)OCCO2)C(C)C. The van der Waals surface area contributed by atoms with Crippen LogP contribution >= 0.6 is 0 Å². The summed E-state index contributed by atoms with van der Waals surface area (Å²) in [5.74, 6) is 1.12. The van der Waals surface area contributed by atoms with Crippen molar-refractivity contribution >= 4 is 15.7 Å². The normalized spacial score (nSPS) is 14.7. The second kappa shape index (κ2) is 7.76. The number of rotatable bonds is 6. The third kappa shape index (κ3) is 3.95. The maximum atomic E-state index is 13.0. The van der Waals surface area contributed by atoms with Crippen LogP contribution in [-0.4, -0.2) is 26.6 Å². The van der Waals surface area contributed by atoms with E-state index in [1.54, 1.807) is 18.2 Å². The van der Waals surface area contributed by atoms with E-state index in [1.165, 1.54) is 25.1 Å². The molecule has 0 unspecified atom stereocenters. The highest BCUT2D eigenvalue weighted by Crippen LogP contribution is 2.35. The molecule has 2 aromatic rings. The maximum absolute atomic E-state index is 13.0. The van der Waals surface area contributed by atoms with Crippen LogP contribution in [0.3, 0.4) is 0 Å². The van der Waals surface area contributed by atoms with Crippen LogP contribution in [0.2, 0.25) is 0 Å². The molecule has 0 aromatic heterocycles. The number of nitrogens with zero attached hydrogens (tertiary/aromatic N) is 1. The van der Waals surface area contributed by atoms with Gasteiger partial charge in [0, 0.05) is 17.7 Å². The van der Waals surface area contributed by atoms with Gasteiger partial charge in [0.15, 0.2) is 11.5 Å². The number of sulfonamides is 1. The summed E-state index contributed by atoms with van der Waals surface area (Å²) >= 11 is 0. The minimum atomic E-state index is -3.99. The molecule has 0 saturated carbocycles. The Bertz CT molecular complexity index is 1000. The van der Waals surface area contributed by atoms with Crippen LogP contribution in [0.4, 0.5) is 5.69 Å². The van der Waals surface area contributed by atoms with Gasteiger partial charge >= 0.3 is 0 Å². The van der Waals surface area contributed by atoms with Gasteiger partial charge in [-0.15, -0.1) is 0 Å². The van der Waals surface area contributed by atoms with E-state index in [0.717, 1.165) is 5.56 Å². The van der Waals surface area contributed by atoms with Crippen LogP contribution in [-0.2, 0) is 10.0 Å². The van der Waals surface area contributed by atoms with E-state index in [0.29, 0.717) is 24.7 Å². The summed E-state index contributed by atoms with van der Waals surface area (Å²) in [4.78, 5) is 10.5. The molecule has 0 radical (unpaired) electrons. The van der Waals surface area contributed by atoms with Crippen LogP contribution in [0.5, 0.6) is 11.5 Å². The van der Waals surface area contributed by atoms with Gasteiger partial charge in [-0.25, -0.2) is 13.1 Å². The number of fused-ring (bicyclic) bond motifs is 1. The molecule has 1 atom stereocenters. The van der Waals surface area contributed by atoms with Crippen LogP contribution in [0.25, 0.3) is 0 Å². The Hall–Kier alpha value is -2.65. The molecule has 0 bridgehead atoms. The van der Waals surface area contributed by atoms with Gasteiger partial charge in [0.1, 0.15) is 13.2 Å². The van der Waals surface area contributed by atoms with Crippen molar-refractivity contribution in [3.8, 4) is 11.5 Å². The first-order valence-corrected chi connectivity index (χ1v) is 10.3. The highest BCUT2D eigenvalue weighted by atomic mass is 32.2. The fourth-order valence-corrected chi connectivity index (χ4v) is 4.80. The minimum absolute atomic E-state index is 0.0728. The molecule has 9 heteroatoms. The van der Waals surface area contributed by atoms with Crippen LogP contribution < -0.4 is 14.2 Å². The van der Waals surface area contributed by atoms with Gasteiger partial charge in [-0.05, 0) is 36.6 Å². The van der Waals surface area contributed by atoms with Gasteiger partial charge in [-0.2, -0.15) is 0 Å². The predicted molar refractivity (Wildman–Crippen MR) is 103 cm³/mol. The van der Waals surface area contributed by atoms with Crippen molar-refractivity contribution < 1.29 is 22.8 Å². The molecule has 0 saturated heterocycles. The maximum Gasteiger partial charge on any atom is 0.273 e. The third-order valence-corrected chi connectivity index (χ3v) is 6.20. The lowest BCUT2D eigenvalue weighted by Crippen LogP contribution is -2.32. The number of nitro groups is 1. The molecule has 3 rings (SSSR count). The van der Waals surface area contributed by atoms with Crippen LogP contribution in [0, 0.1) is 23.0 Å². The molecule has 0 amide bonds. The van der Waals surface area contributed by atoms with Gasteiger partial charge in [-0.1, -0.05) is 26.0 Å². The van der Waals surface area contributed by atoms with E-state index in [1.807, 2.05) is 13.8 Å². The quantitative estimate of drug-likeness (QED) is 0.582. The number of hydrogen-bond donors (Lipinski definition) is 1. The Kier molecular flexibility index (Phi) is 5.57. The van der Waals surface area contributed by atoms with E-state index >= 15 is 0 Å². The molecular weight excluding hydrogens is 384 g/mol. The Balaban J connectivity index is 1.97. The lowest BCUT2D eigenvalue weighted by atomic mass is 9.97. The molecule has 2 aromatic carbocycles. The molecule has 28 heavy (non-hydrogen) atoms. The van der Waals surface area contributed by atoms with Gasteiger partial charge in [0.25, 0.3) is 5.69 Å². The summed E-state index contributed by atoms with van der Waals surface area (Å²) in [6, 6.07) is 8.80. The molecule has 1 heterocycles. The number of ether oxygens (including phenoxy) is 2. The van der Waals surface area contributed by atoms with Crippen molar-refractivity contribution in [3.63, 3.8) is 0 Å². The largest absolute Gasteiger partial charge is 0.486 e. The first-order valence-electron chi connectivity index (χ1n) is 8.86. The second-order valence-electron chi connectivity index (χ2n) is 6.90. The number of benzene rings is 2. The van der Waals surface area contributed by atoms with E-state index in [9.17, 15) is 18.5 Å². The van der Waals surface area contributed by atoms with Crippen molar-refractivity contribution in [2.45, 2.75) is 31.7 Å². The molecule has 0 fully saturated rings. The molecule has 0 spiro atoms. The zero-order valence-electron chi connectivity index (χ0n) is 15.8. The molecule has 1 aliphatic rings. The highest BCUT2D eigenvalue weighted by Gasteiger charge is 2.28. The summed E-state index contributed by atoms with van der Waals surface area (Å²) in [6.45, 7) is 6.12. The van der Waals surface area contributed by atoms with Crippen molar-refractivity contribution in [3.05, 3.63) is 57.6 Å². The Morgan fingerprint density at radius 3 is 2.43 bits per heavy atom. The average Bonchev–Trinajstić information content (AvgIpc) is 2.65. The van der Waals surface area contributed by atoms with E-state index in [-0.39, 0.29) is 22.1 Å². The molecule has 8 nitrogen and oxygen atoms in total. The number of nitro benzene ring substituents is 1. The number of hydrogen-bond acceptors (Lipinski definition) is 6. The molecule has 1 N–H and O–H groups in total. The summed E-state index contributed by atoms with van der Waals surface area (Å²) < 4.78 is 39.8. The monoisotopic (exact) mass is 406 g/mol. The number of nitrogens with one attached hydrogen (secondary N) is 1. The van der Waals surface area contributed by atoms with Gasteiger partial charge in [0.2, 0.25) is 10.0 Å². The van der Waals surface area contributed by atoms with Crippen LogP contribution in [0.1, 0.15) is 31.0 Å². The van der Waals surface area contributed by atoms with E-state index < -0.39 is 21.0 Å². The molecule has 0 aliphatic carbocycles. The Morgan fingerprint density at radius 1 is 1.11 bits per heavy atom. The zero-order chi connectivity index (χ0) is 20.5. The summed E-state index contributed by atoms with van der Waals surface area (Å²) in [5.41, 5.74) is 0.596. The van der Waals surface area contributed by atoms with E-state index in [2.05, 4.69) is 4.72 Å². The smallest absolute Gasteiger partial charge is 0.273 e. The molecule has 150 valence electrons. The predicted octanol–water partition coefficient (Wildman–Crippen LogP) is 3.35. The Morgan fingerprint density at radius 2 is 1.79 bits per heavy atom. The molecular formula is C19H22N2O6S. The van der Waals surface area contributed by atoms with Gasteiger partial charge in [0.05, 0.1) is 9.82 Å². The average molecular weight is 406 g/mol. The van der Waals surface area contributed by atoms with Crippen LogP contribution in [0.15, 0.2) is 41.3 Å². The fourth-order valence-electron chi connectivity index (χ4n) is 3.16. The molecule has 1 aliphatic heterocycles. The van der Waals surface area contributed by atoms with Gasteiger partial charge in [-0.3, -0.25) is 10.1 Å². The zero-order valence-corrected chi connectivity index (χ0v) is 16.7. The van der Waals surface area contributed by atoms with E-state index in [4.69, 9.17) is 9.47 Å². The first-order chi connectivity index (χ1) is 13.2. The van der Waals surface area contributed by atoms with Gasteiger partial charge < -0.3 is 9.47 Å². The summed E-state index contributed by atoms with van der Waals surface area (Å²) in [6.07, 6.45) is 0. The summed E-state index contributed by atoms with van der Waals surface area (Å²) in [7, 11) is -3.99. The lowest BCUT2D eigenvalue weighted by Gasteiger charge is -2.25. The second-order valence-corrected chi connectivity index (χ2v) is 8.59. The Labute approximate surface area is 163 Å². The van der Waals surface area contributed by atoms with Crippen molar-refractivity contribution in [1.29, 1.82) is 0 Å². The van der Waals surface area contributed by atoms with Crippen molar-refractivity contribution in [2.24, 2.45) is 5.92 Å². The van der Waals surface area contributed by atoms with Crippen molar-refractivity contribution in [1.82, 2.24) is 4.72 Å². The summed E-state index contributed by atoms with van der Waals surface area (Å²) in [5, 5.41) is 11.2. The van der Waals surface area contributed by atoms with Crippen molar-refractivity contribution in [2.75, 3.05) is 13.2 Å². The minimum Gasteiger partial charge on any atom is -0.486 e. The lowest BCUT2D eigenvalue weighted by molar-refractivity contribution is -0.385. The topological polar surface area (TPSA) is 108 Å². The standard InChI is InChI=1S/C19H22N2O6S/c1-12(2)19(14-7-8-16-17(11-14)27-10-9-26-16)20-28(24,25)18-6-4-5-15(13(18)3)21(22)23/h4-8,11-12,19-20H,9-10H2,1-3H3/t19-/m0/s1.